The number of rotatable bonds is 6. The average molecular weight is 295 g/mol. The molecule has 3 atom stereocenters. The van der Waals surface area contributed by atoms with Gasteiger partial charge in [-0.1, -0.05) is 13.8 Å². The number of fused-ring (bicyclic) bond motifs is 1. The molecule has 6 heteroatoms. The number of hydrogen-bond donors (Lipinski definition) is 2. The van der Waals surface area contributed by atoms with E-state index in [-0.39, 0.29) is 41.7 Å². The lowest BCUT2D eigenvalue weighted by molar-refractivity contribution is -0.144. The van der Waals surface area contributed by atoms with E-state index >= 15 is 0 Å². The molecule has 1 aliphatic carbocycles. The number of likely N-dealkylation sites (tertiary alicyclic amines) is 1. The number of piperidine rings is 1. The summed E-state index contributed by atoms with van der Waals surface area (Å²) in [5.74, 6) is -1.04. The Hall–Kier alpha value is -1.43. The lowest BCUT2D eigenvalue weighted by Crippen LogP contribution is -2.57. The Morgan fingerprint density at radius 3 is 2.19 bits per heavy atom. The highest BCUT2D eigenvalue weighted by Crippen LogP contribution is 2.63. The highest BCUT2D eigenvalue weighted by molar-refractivity contribution is 6.10. The van der Waals surface area contributed by atoms with Gasteiger partial charge in [-0.25, -0.2) is 0 Å². The summed E-state index contributed by atoms with van der Waals surface area (Å²) in [6.45, 7) is 9.69. The standard InChI is InChI=1S/C15H25N3O3/c1-8(2)17-15(5,13(16)21)6-7-18-11(19)9-10(12(18)20)14(9,3)4/h8-10,17H,6-7H2,1-5H3,(H2,16,21). The molecule has 0 aromatic heterocycles. The van der Waals surface area contributed by atoms with Crippen LogP contribution in [-0.2, 0) is 14.4 Å². The number of imide groups is 1. The van der Waals surface area contributed by atoms with E-state index in [2.05, 4.69) is 5.32 Å². The molecule has 0 bridgehead atoms. The number of nitrogens with zero attached hydrogens (tertiary/aromatic N) is 1. The van der Waals surface area contributed by atoms with Crippen LogP contribution >= 0.6 is 0 Å². The van der Waals surface area contributed by atoms with E-state index in [9.17, 15) is 14.4 Å². The lowest BCUT2D eigenvalue weighted by atomic mass is 9.95. The minimum atomic E-state index is -0.920. The molecule has 1 aliphatic heterocycles. The molecule has 1 heterocycles. The fourth-order valence-electron chi connectivity index (χ4n) is 3.46. The van der Waals surface area contributed by atoms with Crippen LogP contribution in [0.25, 0.3) is 0 Å². The molecule has 0 aromatic carbocycles. The van der Waals surface area contributed by atoms with Gasteiger partial charge in [-0.3, -0.25) is 19.3 Å². The van der Waals surface area contributed by atoms with E-state index in [1.807, 2.05) is 27.7 Å². The summed E-state index contributed by atoms with van der Waals surface area (Å²) < 4.78 is 0. The summed E-state index contributed by atoms with van der Waals surface area (Å²) in [6, 6.07) is 0.0832. The number of nitrogens with one attached hydrogen (secondary N) is 1. The normalized spacial score (nSPS) is 29.5. The third-order valence-corrected chi connectivity index (χ3v) is 4.88. The quantitative estimate of drug-likeness (QED) is 0.687. The fourth-order valence-corrected chi connectivity index (χ4v) is 3.46. The molecule has 21 heavy (non-hydrogen) atoms. The van der Waals surface area contributed by atoms with Crippen molar-refractivity contribution in [1.29, 1.82) is 0 Å². The molecule has 2 aliphatic rings. The Kier molecular flexibility index (Phi) is 3.64. The molecular weight excluding hydrogens is 270 g/mol. The van der Waals surface area contributed by atoms with Crippen molar-refractivity contribution < 1.29 is 14.4 Å². The van der Waals surface area contributed by atoms with Crippen LogP contribution in [0.15, 0.2) is 0 Å². The van der Waals surface area contributed by atoms with Gasteiger partial charge in [0.15, 0.2) is 0 Å². The second-order valence-corrected chi connectivity index (χ2v) is 7.35. The van der Waals surface area contributed by atoms with Crippen LogP contribution in [-0.4, -0.2) is 40.7 Å². The SMILES string of the molecule is CC(C)NC(C)(CCN1C(=O)C2C(C1=O)C2(C)C)C(N)=O. The first-order valence-corrected chi connectivity index (χ1v) is 7.45. The van der Waals surface area contributed by atoms with Gasteiger partial charge in [0.25, 0.3) is 0 Å². The maximum Gasteiger partial charge on any atom is 0.237 e. The lowest BCUT2D eigenvalue weighted by Gasteiger charge is -2.32. The largest absolute Gasteiger partial charge is 0.368 e. The number of amides is 3. The maximum absolute atomic E-state index is 12.3. The van der Waals surface area contributed by atoms with Gasteiger partial charge in [-0.05, 0) is 32.6 Å². The van der Waals surface area contributed by atoms with E-state index in [0.717, 1.165) is 0 Å². The fraction of sp³-hybridized carbons (Fsp3) is 0.800. The van der Waals surface area contributed by atoms with Crippen molar-refractivity contribution in [3.05, 3.63) is 0 Å². The van der Waals surface area contributed by atoms with Gasteiger partial charge in [0, 0.05) is 12.6 Å². The molecule has 0 radical (unpaired) electrons. The summed E-state index contributed by atoms with van der Waals surface area (Å²) >= 11 is 0. The summed E-state index contributed by atoms with van der Waals surface area (Å²) in [5.41, 5.74) is 4.34. The van der Waals surface area contributed by atoms with Gasteiger partial charge >= 0.3 is 0 Å². The van der Waals surface area contributed by atoms with Crippen molar-refractivity contribution >= 4 is 17.7 Å². The molecule has 2 fully saturated rings. The Labute approximate surface area is 125 Å². The van der Waals surface area contributed by atoms with Crippen molar-refractivity contribution in [2.75, 3.05) is 6.54 Å². The summed E-state index contributed by atoms with van der Waals surface area (Å²) in [5, 5.41) is 3.12. The van der Waals surface area contributed by atoms with Gasteiger partial charge in [-0.15, -0.1) is 0 Å². The number of primary amides is 1. The predicted molar refractivity (Wildman–Crippen MR) is 78.0 cm³/mol. The Morgan fingerprint density at radius 2 is 1.81 bits per heavy atom. The molecule has 1 saturated carbocycles. The van der Waals surface area contributed by atoms with Crippen LogP contribution in [0.4, 0.5) is 0 Å². The number of carbonyl (C=O) groups excluding carboxylic acids is 3. The summed E-state index contributed by atoms with van der Waals surface area (Å²) in [4.78, 5) is 37.5. The molecular formula is C15H25N3O3. The Balaban J connectivity index is 2.02. The molecule has 3 amide bonds. The van der Waals surface area contributed by atoms with Crippen molar-refractivity contribution in [2.24, 2.45) is 23.0 Å². The van der Waals surface area contributed by atoms with Crippen molar-refractivity contribution in [2.45, 2.75) is 52.6 Å². The van der Waals surface area contributed by atoms with E-state index < -0.39 is 11.4 Å². The average Bonchev–Trinajstić information content (AvgIpc) is 2.78. The molecule has 3 N–H and O–H groups in total. The monoisotopic (exact) mass is 295 g/mol. The van der Waals surface area contributed by atoms with Crippen LogP contribution in [0.2, 0.25) is 0 Å². The van der Waals surface area contributed by atoms with Crippen LogP contribution in [0.5, 0.6) is 0 Å². The molecule has 6 nitrogen and oxygen atoms in total. The zero-order chi connectivity index (χ0) is 16.2. The van der Waals surface area contributed by atoms with Crippen molar-refractivity contribution in [3.8, 4) is 0 Å². The predicted octanol–water partition coefficient (Wildman–Crippen LogP) is 0.260. The third-order valence-electron chi connectivity index (χ3n) is 4.88. The number of carbonyl (C=O) groups is 3. The molecule has 2 rings (SSSR count). The molecule has 0 aromatic rings. The first kappa shape index (κ1) is 15.9. The molecule has 1 saturated heterocycles. The first-order chi connectivity index (χ1) is 9.52. The first-order valence-electron chi connectivity index (χ1n) is 7.45. The Morgan fingerprint density at radius 1 is 1.33 bits per heavy atom. The molecule has 118 valence electrons. The van der Waals surface area contributed by atoms with E-state index in [1.54, 1.807) is 6.92 Å². The molecule has 3 unspecified atom stereocenters. The zero-order valence-electron chi connectivity index (χ0n) is 13.4. The van der Waals surface area contributed by atoms with Crippen molar-refractivity contribution in [3.63, 3.8) is 0 Å². The highest BCUT2D eigenvalue weighted by atomic mass is 16.2. The topological polar surface area (TPSA) is 92.5 Å². The second kappa shape index (κ2) is 4.80. The van der Waals surface area contributed by atoms with Crippen LogP contribution < -0.4 is 11.1 Å². The van der Waals surface area contributed by atoms with Gasteiger partial charge in [0.05, 0.1) is 17.4 Å². The molecule has 0 spiro atoms. The summed E-state index contributed by atoms with van der Waals surface area (Å²) in [6.07, 6.45) is 0.331. The van der Waals surface area contributed by atoms with Gasteiger partial charge in [0.2, 0.25) is 17.7 Å². The zero-order valence-corrected chi connectivity index (χ0v) is 13.4. The van der Waals surface area contributed by atoms with Crippen LogP contribution in [0.1, 0.15) is 41.0 Å². The Bertz CT molecular complexity index is 476. The smallest absolute Gasteiger partial charge is 0.237 e. The van der Waals surface area contributed by atoms with Gasteiger partial charge < -0.3 is 11.1 Å². The van der Waals surface area contributed by atoms with Gasteiger partial charge in [0.1, 0.15) is 0 Å². The van der Waals surface area contributed by atoms with E-state index in [0.29, 0.717) is 6.42 Å². The number of nitrogens with two attached hydrogens (primary N) is 1. The minimum absolute atomic E-state index is 0.0832. The number of hydrogen-bond acceptors (Lipinski definition) is 4. The van der Waals surface area contributed by atoms with Crippen LogP contribution in [0.3, 0.4) is 0 Å². The third kappa shape index (κ3) is 2.46. The van der Waals surface area contributed by atoms with E-state index in [1.165, 1.54) is 4.90 Å². The second-order valence-electron chi connectivity index (χ2n) is 7.35. The minimum Gasteiger partial charge on any atom is -0.368 e. The van der Waals surface area contributed by atoms with Crippen LogP contribution in [0, 0.1) is 17.3 Å². The maximum atomic E-state index is 12.3. The van der Waals surface area contributed by atoms with Gasteiger partial charge in [-0.2, -0.15) is 0 Å². The van der Waals surface area contributed by atoms with E-state index in [4.69, 9.17) is 5.73 Å². The summed E-state index contributed by atoms with van der Waals surface area (Å²) in [7, 11) is 0. The highest BCUT2D eigenvalue weighted by Gasteiger charge is 2.72. The van der Waals surface area contributed by atoms with Crippen molar-refractivity contribution in [1.82, 2.24) is 10.2 Å².